The van der Waals surface area contributed by atoms with E-state index < -0.39 is 11.5 Å². The molecule has 0 aliphatic heterocycles. The molecule has 2 aromatic heterocycles. The number of aromatic nitrogens is 4. The Morgan fingerprint density at radius 2 is 1.50 bits per heavy atom. The van der Waals surface area contributed by atoms with E-state index in [1.807, 2.05) is 13.8 Å². The van der Waals surface area contributed by atoms with Gasteiger partial charge in [-0.05, 0) is 12.8 Å². The molecule has 2 heterocycles. The van der Waals surface area contributed by atoms with Crippen LogP contribution in [0.25, 0.3) is 22.3 Å². The molecule has 0 saturated carbocycles. The Bertz CT molecular complexity index is 852. The van der Waals surface area contributed by atoms with Crippen LogP contribution in [0.1, 0.15) is 38.1 Å². The van der Waals surface area contributed by atoms with Gasteiger partial charge in [-0.2, -0.15) is 9.78 Å². The summed E-state index contributed by atoms with van der Waals surface area (Å²) >= 11 is 0. The van der Waals surface area contributed by atoms with E-state index in [1.54, 1.807) is 14.1 Å². The molecule has 0 unspecified atom stereocenters. The molecule has 0 aliphatic carbocycles. The fourth-order valence-electron chi connectivity index (χ4n) is 3.32. The molecule has 26 heavy (non-hydrogen) atoms. The lowest BCUT2D eigenvalue weighted by Gasteiger charge is -2.21. The molecule has 2 N–H and O–H groups in total. The third kappa shape index (κ3) is 2.44. The molecule has 0 aliphatic rings. The predicted octanol–water partition coefficient (Wildman–Crippen LogP) is 1.39. The van der Waals surface area contributed by atoms with Crippen molar-refractivity contribution in [2.75, 3.05) is 0 Å². The van der Waals surface area contributed by atoms with E-state index in [0.717, 1.165) is 12.8 Å². The van der Waals surface area contributed by atoms with Gasteiger partial charge in [0.05, 0.1) is 11.5 Å². The lowest BCUT2D eigenvalue weighted by atomic mass is 9.88. The van der Waals surface area contributed by atoms with Gasteiger partial charge in [-0.3, -0.25) is 0 Å². The van der Waals surface area contributed by atoms with E-state index in [1.165, 1.54) is 9.36 Å². The zero-order valence-electron chi connectivity index (χ0n) is 15.3. The Morgan fingerprint density at radius 1 is 0.962 bits per heavy atom. The maximum Gasteiger partial charge on any atom is 0.320 e. The second-order valence-corrected chi connectivity index (χ2v) is 6.45. The molecule has 0 radical (unpaired) electrons. The highest BCUT2D eigenvalue weighted by Gasteiger charge is 2.39. The Kier molecular flexibility index (Phi) is 4.43. The molecule has 8 nitrogen and oxygen atoms in total. The molecule has 0 fully saturated rings. The topological polar surface area (TPSA) is 122 Å². The number of hydrogen-bond donors (Lipinski definition) is 2. The fraction of sp³-hybridized carbons (Fsp3) is 0.444. The minimum atomic E-state index is -0.490. The SMILES string of the molecule is CCCc1nn(C)c(O)c1-c1c([O-])[c+](-c2c(CCC)nn(C)c2O)[c+]1[O-]. The largest absolute Gasteiger partial charge is 0.824 e. The molecule has 0 amide bonds. The van der Waals surface area contributed by atoms with Crippen LogP contribution in [0.5, 0.6) is 23.3 Å². The van der Waals surface area contributed by atoms with Crippen LogP contribution < -0.4 is 10.2 Å². The number of rotatable bonds is 6. The molecule has 1 aromatic carbocycles. The third-order valence-corrected chi connectivity index (χ3v) is 4.56. The van der Waals surface area contributed by atoms with Crippen LogP contribution in [0.15, 0.2) is 0 Å². The van der Waals surface area contributed by atoms with E-state index >= 15 is 0 Å². The Balaban J connectivity index is 2.16. The Hall–Kier alpha value is -2.90. The molecule has 0 spiro atoms. The highest BCUT2D eigenvalue weighted by atomic mass is 16.3. The Morgan fingerprint density at radius 3 is 2.08 bits per heavy atom. The Labute approximate surface area is 151 Å². The van der Waals surface area contributed by atoms with Gasteiger partial charge in [0.2, 0.25) is 5.56 Å². The average molecular weight is 358 g/mol. The molecule has 3 aromatic rings. The van der Waals surface area contributed by atoms with Crippen LogP contribution in [-0.4, -0.2) is 29.8 Å². The summed E-state index contributed by atoms with van der Waals surface area (Å²) in [6, 6.07) is 0. The predicted molar refractivity (Wildman–Crippen MR) is 92.2 cm³/mol. The van der Waals surface area contributed by atoms with Crippen LogP contribution in [0.4, 0.5) is 0 Å². The van der Waals surface area contributed by atoms with Crippen LogP contribution in [0.3, 0.4) is 0 Å². The van der Waals surface area contributed by atoms with Gasteiger partial charge in [-0.15, -0.1) is 5.10 Å². The number of aromatic hydroxyl groups is 2. The number of hydrogen-bond acceptors (Lipinski definition) is 6. The van der Waals surface area contributed by atoms with Crippen molar-refractivity contribution in [2.45, 2.75) is 39.5 Å². The van der Waals surface area contributed by atoms with Crippen LogP contribution in [0, 0.1) is 0 Å². The lowest BCUT2D eigenvalue weighted by molar-refractivity contribution is -0.288. The van der Waals surface area contributed by atoms with Gasteiger partial charge in [-0.25, -0.2) is 4.68 Å². The van der Waals surface area contributed by atoms with E-state index in [-0.39, 0.29) is 34.0 Å². The molecule has 3 rings (SSSR count). The second kappa shape index (κ2) is 6.44. The lowest BCUT2D eigenvalue weighted by Crippen LogP contribution is -2.10. The summed E-state index contributed by atoms with van der Waals surface area (Å²) in [5.74, 6) is -1.38. The molecule has 138 valence electrons. The van der Waals surface area contributed by atoms with E-state index in [4.69, 9.17) is 0 Å². The highest BCUT2D eigenvalue weighted by Crippen LogP contribution is 2.56. The van der Waals surface area contributed by atoms with E-state index in [0.29, 0.717) is 24.2 Å². The van der Waals surface area contributed by atoms with Gasteiger partial charge in [0.1, 0.15) is 11.3 Å². The molecule has 0 saturated heterocycles. The van der Waals surface area contributed by atoms with Crippen molar-refractivity contribution >= 4 is 0 Å². The van der Waals surface area contributed by atoms with Crippen LogP contribution in [0.2, 0.25) is 0 Å². The minimum Gasteiger partial charge on any atom is -0.824 e. The average Bonchev–Trinajstić information content (AvgIpc) is 3.01. The van der Waals surface area contributed by atoms with Gasteiger partial charge in [0, 0.05) is 26.9 Å². The van der Waals surface area contributed by atoms with E-state index in [2.05, 4.69) is 10.2 Å². The molecular formula is C18H22N4O4. The molecule has 8 heteroatoms. The van der Waals surface area contributed by atoms with Gasteiger partial charge >= 0.3 is 5.88 Å². The first-order chi connectivity index (χ1) is 12.3. The molecule has 0 atom stereocenters. The van der Waals surface area contributed by atoms with Gasteiger partial charge < -0.3 is 20.4 Å². The summed E-state index contributed by atoms with van der Waals surface area (Å²) in [6.45, 7) is 3.90. The summed E-state index contributed by atoms with van der Waals surface area (Å²) in [7, 11) is 3.12. The molecular weight excluding hydrogens is 336 g/mol. The zero-order valence-corrected chi connectivity index (χ0v) is 15.3. The summed E-state index contributed by atoms with van der Waals surface area (Å²) in [4.78, 5) is 0. The molecule has 0 bridgehead atoms. The first-order valence-corrected chi connectivity index (χ1v) is 8.67. The zero-order chi connectivity index (χ0) is 19.2. The minimum absolute atomic E-state index is 0.0697. The van der Waals surface area contributed by atoms with Crippen molar-refractivity contribution in [3.63, 3.8) is 0 Å². The first kappa shape index (κ1) is 17.9. The smallest absolute Gasteiger partial charge is 0.320 e. The maximum atomic E-state index is 12.8. The quantitative estimate of drug-likeness (QED) is 0.642. The van der Waals surface area contributed by atoms with Crippen molar-refractivity contribution in [3.8, 4) is 45.5 Å². The summed E-state index contributed by atoms with van der Waals surface area (Å²) in [5.41, 5.74) is 1.31. The van der Waals surface area contributed by atoms with Crippen molar-refractivity contribution < 1.29 is 20.4 Å². The summed E-state index contributed by atoms with van der Waals surface area (Å²) in [6.07, 6.45) is 2.62. The number of nitrogens with zero attached hydrogens (tertiary/aromatic N) is 4. The normalized spacial score (nSPS) is 11.5. The first-order valence-electron chi connectivity index (χ1n) is 8.67. The van der Waals surface area contributed by atoms with E-state index in [9.17, 15) is 20.4 Å². The van der Waals surface area contributed by atoms with Gasteiger partial charge in [0.25, 0.3) is 5.88 Å². The fourth-order valence-corrected chi connectivity index (χ4v) is 3.32. The monoisotopic (exact) mass is 358 g/mol. The summed E-state index contributed by atoms with van der Waals surface area (Å²) < 4.78 is 2.52. The van der Waals surface area contributed by atoms with Crippen molar-refractivity contribution in [1.82, 2.24) is 19.6 Å². The highest BCUT2D eigenvalue weighted by molar-refractivity contribution is 6.00. The van der Waals surface area contributed by atoms with Crippen LogP contribution >= 0.6 is 0 Å². The maximum absolute atomic E-state index is 12.8. The van der Waals surface area contributed by atoms with Crippen molar-refractivity contribution in [2.24, 2.45) is 14.1 Å². The standard InChI is InChI=1S/C18H22N4O4/c1-5-7-9-11(17(25)21(3)19-9)13-15(23)14(16(13)24)12-10(8-6-2)20-22(4)18(12)26/h5-8H2,1-4H3,(H2-,19,20,23,25,26). The second-order valence-electron chi connectivity index (χ2n) is 6.45. The third-order valence-electron chi connectivity index (χ3n) is 4.56. The van der Waals surface area contributed by atoms with Crippen LogP contribution in [-0.2, 0) is 26.9 Å². The van der Waals surface area contributed by atoms with Crippen molar-refractivity contribution in [3.05, 3.63) is 11.4 Å². The van der Waals surface area contributed by atoms with Gasteiger partial charge in [0.15, 0.2) is 16.8 Å². The number of aryl methyl sites for hydroxylation is 4. The van der Waals surface area contributed by atoms with Gasteiger partial charge in [-0.1, -0.05) is 13.8 Å². The summed E-state index contributed by atoms with van der Waals surface area (Å²) in [5, 5.41) is 54.6. The van der Waals surface area contributed by atoms with Crippen molar-refractivity contribution in [1.29, 1.82) is 0 Å².